The number of anilines is 1. The molecule has 2 N–H and O–H groups in total. The molecule has 0 fully saturated rings. The topological polar surface area (TPSA) is 41.1 Å². The van der Waals surface area contributed by atoms with Crippen LogP contribution in [0.4, 0.5) is 10.5 Å². The van der Waals surface area contributed by atoms with Crippen LogP contribution in [0.5, 0.6) is 0 Å². The highest BCUT2D eigenvalue weighted by Gasteiger charge is 2.04. The molecule has 1 rings (SSSR count). The van der Waals surface area contributed by atoms with E-state index in [2.05, 4.69) is 24.5 Å². The van der Waals surface area contributed by atoms with Crippen molar-refractivity contribution in [2.24, 2.45) is 5.92 Å². The van der Waals surface area contributed by atoms with Crippen molar-refractivity contribution in [1.82, 2.24) is 5.32 Å². The van der Waals surface area contributed by atoms with Gasteiger partial charge in [0, 0.05) is 12.2 Å². The summed E-state index contributed by atoms with van der Waals surface area (Å²) in [6.07, 6.45) is 0.953. The van der Waals surface area contributed by atoms with Gasteiger partial charge in [-0.15, -0.1) is 0 Å². The van der Waals surface area contributed by atoms with Gasteiger partial charge in [-0.1, -0.05) is 37.0 Å². The summed E-state index contributed by atoms with van der Waals surface area (Å²) in [5.41, 5.74) is 0.626. The zero-order valence-electron chi connectivity index (χ0n) is 9.89. The smallest absolute Gasteiger partial charge is 0.319 e. The van der Waals surface area contributed by atoms with Gasteiger partial charge in [0.05, 0.1) is 10.0 Å². The number of hydrogen-bond donors (Lipinski definition) is 2. The van der Waals surface area contributed by atoms with Gasteiger partial charge in [-0.2, -0.15) is 0 Å². The first-order chi connectivity index (χ1) is 7.99. The molecule has 0 saturated carbocycles. The molecule has 0 radical (unpaired) electrons. The van der Waals surface area contributed by atoms with Gasteiger partial charge in [0.25, 0.3) is 0 Å². The lowest BCUT2D eigenvalue weighted by atomic mass is 10.1. The standard InChI is InChI=1S/C12H16Cl2N2O/c1-8(2)5-6-15-12(17)16-9-3-4-10(13)11(14)7-9/h3-4,7-8H,5-6H2,1-2H3,(H2,15,16,17). The van der Waals surface area contributed by atoms with E-state index in [1.807, 2.05) is 0 Å². The van der Waals surface area contributed by atoms with E-state index < -0.39 is 0 Å². The number of urea groups is 1. The Hall–Kier alpha value is -0.930. The van der Waals surface area contributed by atoms with Crippen LogP contribution in [0, 0.1) is 5.92 Å². The van der Waals surface area contributed by atoms with Crippen molar-refractivity contribution in [1.29, 1.82) is 0 Å². The minimum atomic E-state index is -0.232. The monoisotopic (exact) mass is 274 g/mol. The minimum absolute atomic E-state index is 0.232. The van der Waals surface area contributed by atoms with Gasteiger partial charge in [0.15, 0.2) is 0 Å². The molecule has 0 bridgehead atoms. The van der Waals surface area contributed by atoms with Gasteiger partial charge in [0.1, 0.15) is 0 Å². The fraction of sp³-hybridized carbons (Fsp3) is 0.417. The molecule has 3 nitrogen and oxygen atoms in total. The van der Waals surface area contributed by atoms with Crippen LogP contribution in [-0.2, 0) is 0 Å². The predicted octanol–water partition coefficient (Wildman–Crippen LogP) is 4.16. The van der Waals surface area contributed by atoms with Crippen LogP contribution < -0.4 is 10.6 Å². The van der Waals surface area contributed by atoms with Gasteiger partial charge in [-0.25, -0.2) is 4.79 Å². The zero-order valence-corrected chi connectivity index (χ0v) is 11.4. The molecule has 0 unspecified atom stereocenters. The lowest BCUT2D eigenvalue weighted by Crippen LogP contribution is -2.30. The molecule has 0 saturated heterocycles. The maximum atomic E-state index is 11.5. The largest absolute Gasteiger partial charge is 0.338 e. The maximum Gasteiger partial charge on any atom is 0.319 e. The van der Waals surface area contributed by atoms with Crippen molar-refractivity contribution in [2.45, 2.75) is 20.3 Å². The van der Waals surface area contributed by atoms with E-state index in [0.717, 1.165) is 6.42 Å². The molecule has 94 valence electrons. The van der Waals surface area contributed by atoms with E-state index in [-0.39, 0.29) is 6.03 Å². The van der Waals surface area contributed by atoms with E-state index in [4.69, 9.17) is 23.2 Å². The molecular formula is C12H16Cl2N2O. The normalized spacial score (nSPS) is 10.4. The highest BCUT2D eigenvalue weighted by Crippen LogP contribution is 2.24. The van der Waals surface area contributed by atoms with Crippen LogP contribution in [0.3, 0.4) is 0 Å². The summed E-state index contributed by atoms with van der Waals surface area (Å²) < 4.78 is 0. The predicted molar refractivity (Wildman–Crippen MR) is 72.9 cm³/mol. The van der Waals surface area contributed by atoms with Gasteiger partial charge in [-0.05, 0) is 30.5 Å². The third-order valence-electron chi connectivity index (χ3n) is 2.18. The first kappa shape index (κ1) is 14.1. The van der Waals surface area contributed by atoms with E-state index in [1.165, 1.54) is 0 Å². The summed E-state index contributed by atoms with van der Waals surface area (Å²) in [5.74, 6) is 0.570. The van der Waals surface area contributed by atoms with Crippen molar-refractivity contribution in [2.75, 3.05) is 11.9 Å². The van der Waals surface area contributed by atoms with Crippen molar-refractivity contribution in [3.63, 3.8) is 0 Å². The SMILES string of the molecule is CC(C)CCNC(=O)Nc1ccc(Cl)c(Cl)c1. The fourth-order valence-corrected chi connectivity index (χ4v) is 1.52. The number of halogens is 2. The number of carbonyl (C=O) groups excluding carboxylic acids is 1. The summed E-state index contributed by atoms with van der Waals surface area (Å²) in [5, 5.41) is 6.35. The molecule has 0 aliphatic rings. The van der Waals surface area contributed by atoms with Crippen molar-refractivity contribution in [3.8, 4) is 0 Å². The highest BCUT2D eigenvalue weighted by molar-refractivity contribution is 6.42. The number of amides is 2. The Morgan fingerprint density at radius 2 is 2.00 bits per heavy atom. The Bertz CT molecular complexity index is 394. The average Bonchev–Trinajstić information content (AvgIpc) is 2.23. The molecule has 0 heterocycles. The number of nitrogens with one attached hydrogen (secondary N) is 2. The Balaban J connectivity index is 2.42. The summed E-state index contributed by atoms with van der Waals surface area (Å²) in [7, 11) is 0. The highest BCUT2D eigenvalue weighted by atomic mass is 35.5. The van der Waals surface area contributed by atoms with E-state index >= 15 is 0 Å². The van der Waals surface area contributed by atoms with Crippen molar-refractivity contribution in [3.05, 3.63) is 28.2 Å². The second-order valence-corrected chi connectivity index (χ2v) is 5.01. The fourth-order valence-electron chi connectivity index (χ4n) is 1.22. The van der Waals surface area contributed by atoms with Crippen molar-refractivity contribution < 1.29 is 4.79 Å². The molecule has 0 aromatic heterocycles. The van der Waals surface area contributed by atoms with Crippen LogP contribution in [0.15, 0.2) is 18.2 Å². The van der Waals surface area contributed by atoms with Crippen molar-refractivity contribution >= 4 is 34.9 Å². The molecule has 0 aliphatic heterocycles. The van der Waals surface area contributed by atoms with Gasteiger partial charge < -0.3 is 10.6 Å². The number of rotatable bonds is 4. The Labute approximate surface area is 111 Å². The van der Waals surface area contributed by atoms with Gasteiger partial charge in [-0.3, -0.25) is 0 Å². The first-order valence-corrected chi connectivity index (χ1v) is 6.24. The summed E-state index contributed by atoms with van der Waals surface area (Å²) in [6.45, 7) is 4.88. The Kier molecular flexibility index (Phi) is 5.59. The summed E-state index contributed by atoms with van der Waals surface area (Å²) in [6, 6.07) is 4.74. The van der Waals surface area contributed by atoms with Crippen LogP contribution >= 0.6 is 23.2 Å². The quantitative estimate of drug-likeness (QED) is 0.851. The minimum Gasteiger partial charge on any atom is -0.338 e. The van der Waals surface area contributed by atoms with Gasteiger partial charge >= 0.3 is 6.03 Å². The number of carbonyl (C=O) groups is 1. The molecule has 1 aromatic rings. The Morgan fingerprint density at radius 3 is 2.59 bits per heavy atom. The van der Waals surface area contributed by atoms with E-state index in [9.17, 15) is 4.79 Å². The lowest BCUT2D eigenvalue weighted by molar-refractivity contribution is 0.251. The molecule has 2 amide bonds. The molecule has 0 spiro atoms. The molecular weight excluding hydrogens is 259 g/mol. The molecule has 0 aliphatic carbocycles. The summed E-state index contributed by atoms with van der Waals surface area (Å²) >= 11 is 11.6. The second kappa shape index (κ2) is 6.72. The van der Waals surface area contributed by atoms with Gasteiger partial charge in [0.2, 0.25) is 0 Å². The third-order valence-corrected chi connectivity index (χ3v) is 2.92. The van der Waals surface area contributed by atoms with Crippen LogP contribution in [-0.4, -0.2) is 12.6 Å². The molecule has 1 aromatic carbocycles. The molecule has 5 heteroatoms. The van der Waals surface area contributed by atoms with E-state index in [0.29, 0.717) is 28.2 Å². The number of benzene rings is 1. The molecule has 0 atom stereocenters. The van der Waals surface area contributed by atoms with E-state index in [1.54, 1.807) is 18.2 Å². The van der Waals surface area contributed by atoms with Crippen LogP contribution in [0.2, 0.25) is 10.0 Å². The maximum absolute atomic E-state index is 11.5. The first-order valence-electron chi connectivity index (χ1n) is 5.49. The van der Waals surface area contributed by atoms with Crippen LogP contribution in [0.25, 0.3) is 0 Å². The Morgan fingerprint density at radius 1 is 1.29 bits per heavy atom. The number of hydrogen-bond acceptors (Lipinski definition) is 1. The average molecular weight is 275 g/mol. The second-order valence-electron chi connectivity index (χ2n) is 4.19. The summed E-state index contributed by atoms with van der Waals surface area (Å²) in [4.78, 5) is 11.5. The van der Waals surface area contributed by atoms with Crippen LogP contribution in [0.1, 0.15) is 20.3 Å². The lowest BCUT2D eigenvalue weighted by Gasteiger charge is -2.09. The third kappa shape index (κ3) is 5.29. The molecule has 17 heavy (non-hydrogen) atoms. The zero-order chi connectivity index (χ0) is 12.8.